The molecule has 1 N–H and O–H groups in total. The van der Waals surface area contributed by atoms with Crippen molar-refractivity contribution in [1.29, 1.82) is 0 Å². The van der Waals surface area contributed by atoms with Gasteiger partial charge in [0, 0.05) is 18.8 Å². The molecule has 23 heavy (non-hydrogen) atoms. The van der Waals surface area contributed by atoms with E-state index in [1.54, 1.807) is 0 Å². The first-order chi connectivity index (χ1) is 10.8. The third kappa shape index (κ3) is 11.6. The molecule has 1 atom stereocenters. The van der Waals surface area contributed by atoms with Gasteiger partial charge in [0.15, 0.2) is 0 Å². The fraction of sp³-hybridized carbons (Fsp3) is 0.600. The quantitative estimate of drug-likeness (QED) is 0.300. The van der Waals surface area contributed by atoms with Gasteiger partial charge in [-0.3, -0.25) is 9.59 Å². The number of allylic oxidation sites excluding steroid dienone is 6. The smallest absolute Gasteiger partial charge is 0.303 e. The number of ketones is 1. The highest BCUT2D eigenvalue weighted by atomic mass is 16.4. The van der Waals surface area contributed by atoms with Gasteiger partial charge in [-0.05, 0) is 38.0 Å². The fourth-order valence-electron chi connectivity index (χ4n) is 2.19. The van der Waals surface area contributed by atoms with Crippen molar-refractivity contribution in [2.24, 2.45) is 11.3 Å². The summed E-state index contributed by atoms with van der Waals surface area (Å²) in [6.07, 6.45) is 16.3. The third-order valence-corrected chi connectivity index (χ3v) is 3.90. The predicted molar refractivity (Wildman–Crippen MR) is 96.4 cm³/mol. The molecule has 0 heterocycles. The summed E-state index contributed by atoms with van der Waals surface area (Å²) < 4.78 is 0. The van der Waals surface area contributed by atoms with Crippen molar-refractivity contribution in [3.63, 3.8) is 0 Å². The van der Waals surface area contributed by atoms with Crippen LogP contribution in [0, 0.1) is 11.3 Å². The van der Waals surface area contributed by atoms with Gasteiger partial charge in [0.05, 0.1) is 0 Å². The molecule has 0 aromatic heterocycles. The van der Waals surface area contributed by atoms with Gasteiger partial charge in [-0.1, -0.05) is 57.2 Å². The SMILES string of the molecule is C/C=C/C=C/C(C)(C/C=C\CCCC(=O)O)CCC(=O)C(C)C. The molecule has 0 rings (SSSR count). The Bertz CT molecular complexity index is 444. The zero-order valence-electron chi connectivity index (χ0n) is 15.0. The fourth-order valence-corrected chi connectivity index (χ4v) is 2.19. The third-order valence-electron chi connectivity index (χ3n) is 3.90. The topological polar surface area (TPSA) is 54.4 Å². The van der Waals surface area contributed by atoms with Gasteiger partial charge in [0.1, 0.15) is 5.78 Å². The summed E-state index contributed by atoms with van der Waals surface area (Å²) in [7, 11) is 0. The zero-order chi connectivity index (χ0) is 17.7. The molecule has 0 saturated heterocycles. The molecule has 0 aliphatic rings. The minimum atomic E-state index is -0.746. The van der Waals surface area contributed by atoms with E-state index in [9.17, 15) is 9.59 Å². The highest BCUT2D eigenvalue weighted by molar-refractivity contribution is 5.80. The number of carboxylic acids is 1. The minimum Gasteiger partial charge on any atom is -0.481 e. The summed E-state index contributed by atoms with van der Waals surface area (Å²) in [4.78, 5) is 22.4. The number of rotatable bonds is 12. The van der Waals surface area contributed by atoms with Crippen LogP contribution in [0.1, 0.15) is 66.2 Å². The monoisotopic (exact) mass is 320 g/mol. The van der Waals surface area contributed by atoms with Gasteiger partial charge < -0.3 is 5.11 Å². The normalized spacial score (nSPS) is 15.0. The van der Waals surface area contributed by atoms with Crippen molar-refractivity contribution in [3.8, 4) is 0 Å². The number of unbranched alkanes of at least 4 members (excludes halogenated alkanes) is 1. The van der Waals surface area contributed by atoms with Crippen molar-refractivity contribution in [2.45, 2.75) is 66.2 Å². The summed E-state index contributed by atoms with van der Waals surface area (Å²) in [6.45, 7) is 8.03. The van der Waals surface area contributed by atoms with Crippen LogP contribution in [0.4, 0.5) is 0 Å². The first-order valence-corrected chi connectivity index (χ1v) is 8.51. The Labute approximate surface area is 141 Å². The Morgan fingerprint density at radius 3 is 2.39 bits per heavy atom. The van der Waals surface area contributed by atoms with E-state index in [2.05, 4.69) is 25.2 Å². The number of hydrogen-bond acceptors (Lipinski definition) is 2. The molecular weight excluding hydrogens is 288 g/mol. The molecular formula is C20H32O3. The molecule has 0 spiro atoms. The van der Waals surface area contributed by atoms with Crippen LogP contribution in [0.25, 0.3) is 0 Å². The molecule has 0 saturated carbocycles. The Balaban J connectivity index is 4.56. The average molecular weight is 320 g/mol. The number of aliphatic carboxylic acids is 1. The first kappa shape index (κ1) is 21.4. The van der Waals surface area contributed by atoms with E-state index in [1.165, 1.54) is 0 Å². The molecule has 0 radical (unpaired) electrons. The van der Waals surface area contributed by atoms with Gasteiger partial charge in [-0.2, -0.15) is 0 Å². The molecule has 1 unspecified atom stereocenters. The zero-order valence-corrected chi connectivity index (χ0v) is 15.0. The number of carbonyl (C=O) groups is 2. The molecule has 0 fully saturated rings. The maximum absolute atomic E-state index is 11.9. The first-order valence-electron chi connectivity index (χ1n) is 8.51. The van der Waals surface area contributed by atoms with Crippen molar-refractivity contribution in [2.75, 3.05) is 0 Å². The number of carboxylic acid groups (broad SMARTS) is 1. The van der Waals surface area contributed by atoms with Crippen LogP contribution in [0.2, 0.25) is 0 Å². The Kier molecular flexibility index (Phi) is 11.0. The van der Waals surface area contributed by atoms with Crippen LogP contribution in [-0.4, -0.2) is 16.9 Å². The van der Waals surface area contributed by atoms with Crippen LogP contribution in [0.15, 0.2) is 36.5 Å². The van der Waals surface area contributed by atoms with E-state index >= 15 is 0 Å². The lowest BCUT2D eigenvalue weighted by molar-refractivity contribution is -0.137. The van der Waals surface area contributed by atoms with Crippen LogP contribution in [0.5, 0.6) is 0 Å². The van der Waals surface area contributed by atoms with Gasteiger partial charge in [0.2, 0.25) is 0 Å². The van der Waals surface area contributed by atoms with Gasteiger partial charge in [-0.15, -0.1) is 0 Å². The largest absolute Gasteiger partial charge is 0.481 e. The predicted octanol–water partition coefficient (Wildman–Crippen LogP) is 5.33. The summed E-state index contributed by atoms with van der Waals surface area (Å²) in [5.74, 6) is -0.351. The maximum atomic E-state index is 11.9. The molecule has 0 bridgehead atoms. The van der Waals surface area contributed by atoms with Crippen LogP contribution in [0.3, 0.4) is 0 Å². The molecule has 0 aromatic rings. The molecule has 3 heteroatoms. The van der Waals surface area contributed by atoms with E-state index in [-0.39, 0.29) is 17.8 Å². The lowest BCUT2D eigenvalue weighted by Crippen LogP contribution is -2.16. The van der Waals surface area contributed by atoms with Crippen LogP contribution in [-0.2, 0) is 9.59 Å². The second-order valence-corrected chi connectivity index (χ2v) is 6.62. The second-order valence-electron chi connectivity index (χ2n) is 6.62. The number of hydrogen-bond donors (Lipinski definition) is 1. The summed E-state index contributed by atoms with van der Waals surface area (Å²) in [6, 6.07) is 0. The molecule has 130 valence electrons. The van der Waals surface area contributed by atoms with Crippen LogP contribution >= 0.6 is 0 Å². The maximum Gasteiger partial charge on any atom is 0.303 e. The number of Topliss-reactive ketones (excluding diaryl/α,β-unsaturated/α-hetero) is 1. The van der Waals surface area contributed by atoms with Gasteiger partial charge in [0.25, 0.3) is 0 Å². The van der Waals surface area contributed by atoms with Crippen LogP contribution < -0.4 is 0 Å². The highest BCUT2D eigenvalue weighted by Crippen LogP contribution is 2.31. The van der Waals surface area contributed by atoms with E-state index < -0.39 is 5.97 Å². The van der Waals surface area contributed by atoms with E-state index in [1.807, 2.05) is 39.0 Å². The summed E-state index contributed by atoms with van der Waals surface area (Å²) >= 11 is 0. The lowest BCUT2D eigenvalue weighted by Gasteiger charge is -2.24. The van der Waals surface area contributed by atoms with Crippen molar-refractivity contribution < 1.29 is 14.7 Å². The standard InChI is InChI=1S/C20H32O3/c1-5-6-10-14-20(4,16-13-18(21)17(2)3)15-11-8-7-9-12-19(22)23/h5-6,8,10-11,14,17H,7,9,12-13,15-16H2,1-4H3,(H,22,23)/b6-5+,11-8-,14-10+. The van der Waals surface area contributed by atoms with Crippen molar-refractivity contribution >= 4 is 11.8 Å². The number of carbonyl (C=O) groups excluding carboxylic acids is 1. The van der Waals surface area contributed by atoms with E-state index in [0.717, 1.165) is 19.3 Å². The van der Waals surface area contributed by atoms with Gasteiger partial charge in [-0.25, -0.2) is 0 Å². The highest BCUT2D eigenvalue weighted by Gasteiger charge is 2.21. The molecule has 0 aliphatic heterocycles. The Morgan fingerprint density at radius 1 is 1.13 bits per heavy atom. The molecule has 0 amide bonds. The van der Waals surface area contributed by atoms with Crippen molar-refractivity contribution in [1.82, 2.24) is 0 Å². The summed E-state index contributed by atoms with van der Waals surface area (Å²) in [5.41, 5.74) is -0.0483. The van der Waals surface area contributed by atoms with E-state index in [0.29, 0.717) is 18.6 Å². The average Bonchev–Trinajstić information content (AvgIpc) is 2.48. The Morgan fingerprint density at radius 2 is 1.83 bits per heavy atom. The molecule has 3 nitrogen and oxygen atoms in total. The minimum absolute atomic E-state index is 0.0483. The summed E-state index contributed by atoms with van der Waals surface area (Å²) in [5, 5.41) is 8.61. The Hall–Kier alpha value is -1.64. The molecule has 0 aliphatic carbocycles. The van der Waals surface area contributed by atoms with Crippen molar-refractivity contribution in [3.05, 3.63) is 36.5 Å². The van der Waals surface area contributed by atoms with E-state index in [4.69, 9.17) is 5.11 Å². The second kappa shape index (κ2) is 11.9. The lowest BCUT2D eigenvalue weighted by atomic mass is 9.80. The van der Waals surface area contributed by atoms with Gasteiger partial charge >= 0.3 is 5.97 Å². The molecule has 0 aromatic carbocycles.